The van der Waals surface area contributed by atoms with E-state index in [1.165, 1.54) is 0 Å². The first-order valence-electron chi connectivity index (χ1n) is 5.48. The van der Waals surface area contributed by atoms with Crippen LogP contribution in [0.5, 0.6) is 0 Å². The summed E-state index contributed by atoms with van der Waals surface area (Å²) in [6.45, 7) is 2.56. The first kappa shape index (κ1) is 12.5. The minimum Gasteiger partial charge on any atom is -0.338 e. The maximum absolute atomic E-state index is 11.3. The number of rotatable bonds is 5. The SMILES string of the molecule is CCCNC(=O)Nc1ccc(CC[O])cc1. The van der Waals surface area contributed by atoms with E-state index in [1.54, 1.807) is 12.1 Å². The van der Waals surface area contributed by atoms with Crippen LogP contribution in [0.2, 0.25) is 0 Å². The van der Waals surface area contributed by atoms with E-state index in [1.807, 2.05) is 19.1 Å². The van der Waals surface area contributed by atoms with E-state index in [2.05, 4.69) is 10.6 Å². The van der Waals surface area contributed by atoms with Crippen LogP contribution in [0, 0.1) is 0 Å². The molecule has 0 aliphatic carbocycles. The largest absolute Gasteiger partial charge is 0.338 e. The van der Waals surface area contributed by atoms with Gasteiger partial charge in [0, 0.05) is 12.2 Å². The van der Waals surface area contributed by atoms with Gasteiger partial charge in [-0.15, -0.1) is 0 Å². The normalized spacial score (nSPS) is 9.88. The number of benzene rings is 1. The maximum Gasteiger partial charge on any atom is 0.319 e. The lowest BCUT2D eigenvalue weighted by Gasteiger charge is -2.07. The van der Waals surface area contributed by atoms with Crippen molar-refractivity contribution in [1.82, 2.24) is 5.32 Å². The Balaban J connectivity index is 2.45. The average molecular weight is 221 g/mol. The molecule has 0 saturated heterocycles. The van der Waals surface area contributed by atoms with Crippen LogP contribution in [0.4, 0.5) is 10.5 Å². The van der Waals surface area contributed by atoms with Crippen LogP contribution in [0.3, 0.4) is 0 Å². The first-order chi connectivity index (χ1) is 7.76. The lowest BCUT2D eigenvalue weighted by Crippen LogP contribution is -2.29. The van der Waals surface area contributed by atoms with Gasteiger partial charge in [-0.2, -0.15) is 0 Å². The molecule has 0 heterocycles. The number of amides is 2. The summed E-state index contributed by atoms with van der Waals surface area (Å²) in [6.07, 6.45) is 1.44. The Labute approximate surface area is 95.7 Å². The van der Waals surface area contributed by atoms with E-state index >= 15 is 0 Å². The number of anilines is 1. The molecule has 1 radical (unpaired) electrons. The molecule has 1 aromatic carbocycles. The van der Waals surface area contributed by atoms with E-state index in [-0.39, 0.29) is 12.6 Å². The Morgan fingerprint density at radius 2 is 1.94 bits per heavy atom. The monoisotopic (exact) mass is 221 g/mol. The molecule has 0 aromatic heterocycles. The fourth-order valence-electron chi connectivity index (χ4n) is 1.29. The smallest absolute Gasteiger partial charge is 0.319 e. The summed E-state index contributed by atoms with van der Waals surface area (Å²) in [5.41, 5.74) is 1.73. The summed E-state index contributed by atoms with van der Waals surface area (Å²) in [5, 5.41) is 15.8. The number of carbonyl (C=O) groups is 1. The molecule has 16 heavy (non-hydrogen) atoms. The van der Waals surface area contributed by atoms with E-state index in [9.17, 15) is 9.90 Å². The fraction of sp³-hybridized carbons (Fsp3) is 0.417. The Bertz CT molecular complexity index is 322. The molecule has 4 heteroatoms. The summed E-state index contributed by atoms with van der Waals surface area (Å²) < 4.78 is 0. The Hall–Kier alpha value is -1.55. The van der Waals surface area contributed by atoms with Gasteiger partial charge in [0.2, 0.25) is 0 Å². The summed E-state index contributed by atoms with van der Waals surface area (Å²) in [7, 11) is 0. The maximum atomic E-state index is 11.3. The van der Waals surface area contributed by atoms with E-state index < -0.39 is 0 Å². The van der Waals surface area contributed by atoms with Gasteiger partial charge in [-0.3, -0.25) is 0 Å². The predicted molar refractivity (Wildman–Crippen MR) is 63.0 cm³/mol. The zero-order chi connectivity index (χ0) is 11.8. The summed E-state index contributed by atoms with van der Waals surface area (Å²) in [5.74, 6) is 0. The zero-order valence-electron chi connectivity index (χ0n) is 9.45. The topological polar surface area (TPSA) is 61.0 Å². The predicted octanol–water partition coefficient (Wildman–Crippen LogP) is 2.19. The number of nitrogens with one attached hydrogen (secondary N) is 2. The van der Waals surface area contributed by atoms with Crippen molar-refractivity contribution in [2.75, 3.05) is 18.5 Å². The highest BCUT2D eigenvalue weighted by molar-refractivity contribution is 5.89. The molecular weight excluding hydrogens is 204 g/mol. The quantitative estimate of drug-likeness (QED) is 0.786. The third-order valence-corrected chi connectivity index (χ3v) is 2.14. The van der Waals surface area contributed by atoms with Crippen molar-refractivity contribution in [3.63, 3.8) is 0 Å². The van der Waals surface area contributed by atoms with Crippen LogP contribution >= 0.6 is 0 Å². The number of carbonyl (C=O) groups excluding carboxylic acids is 1. The molecule has 4 nitrogen and oxygen atoms in total. The van der Waals surface area contributed by atoms with Gasteiger partial charge in [-0.05, 0) is 30.5 Å². The molecule has 0 fully saturated rings. The molecule has 1 aromatic rings. The van der Waals surface area contributed by atoms with Gasteiger partial charge < -0.3 is 10.6 Å². The molecule has 2 amide bonds. The second-order valence-electron chi connectivity index (χ2n) is 3.53. The molecule has 0 atom stereocenters. The second kappa shape index (κ2) is 6.85. The van der Waals surface area contributed by atoms with Gasteiger partial charge in [-0.1, -0.05) is 19.1 Å². The molecule has 0 aliphatic rings. The van der Waals surface area contributed by atoms with Crippen LogP contribution in [0.25, 0.3) is 0 Å². The van der Waals surface area contributed by atoms with Crippen molar-refractivity contribution in [3.8, 4) is 0 Å². The van der Waals surface area contributed by atoms with Gasteiger partial charge in [0.1, 0.15) is 0 Å². The lowest BCUT2D eigenvalue weighted by atomic mass is 10.1. The van der Waals surface area contributed by atoms with Gasteiger partial charge in [0.25, 0.3) is 0 Å². The van der Waals surface area contributed by atoms with Crippen LogP contribution in [0.1, 0.15) is 18.9 Å². The highest BCUT2D eigenvalue weighted by Gasteiger charge is 2.00. The molecule has 0 bridgehead atoms. The molecule has 2 N–H and O–H groups in total. The molecule has 0 unspecified atom stereocenters. The summed E-state index contributed by atoms with van der Waals surface area (Å²) in [6, 6.07) is 7.12. The third kappa shape index (κ3) is 4.31. The Morgan fingerprint density at radius 1 is 1.25 bits per heavy atom. The highest BCUT2D eigenvalue weighted by atomic mass is 16.3. The summed E-state index contributed by atoms with van der Waals surface area (Å²) >= 11 is 0. The summed E-state index contributed by atoms with van der Waals surface area (Å²) in [4.78, 5) is 11.3. The van der Waals surface area contributed by atoms with Crippen molar-refractivity contribution >= 4 is 11.7 Å². The number of hydrogen-bond acceptors (Lipinski definition) is 1. The molecular formula is C12H17N2O2. The van der Waals surface area contributed by atoms with E-state index in [4.69, 9.17) is 0 Å². The van der Waals surface area contributed by atoms with Crippen LogP contribution in [0.15, 0.2) is 24.3 Å². The van der Waals surface area contributed by atoms with E-state index in [0.717, 1.165) is 17.7 Å². The first-order valence-corrected chi connectivity index (χ1v) is 5.48. The standard InChI is InChI=1S/C12H17N2O2/c1-2-8-13-12(16)14-11-5-3-10(4-6-11)7-9-15/h3-6H,2,7-9H2,1H3,(H2,13,14,16). The van der Waals surface area contributed by atoms with Crippen molar-refractivity contribution in [3.05, 3.63) is 29.8 Å². The average Bonchev–Trinajstić information content (AvgIpc) is 2.29. The van der Waals surface area contributed by atoms with Crippen LogP contribution in [-0.2, 0) is 11.5 Å². The minimum atomic E-state index is -0.196. The molecule has 0 spiro atoms. The van der Waals surface area contributed by atoms with E-state index in [0.29, 0.717) is 13.0 Å². The van der Waals surface area contributed by atoms with Crippen LogP contribution in [-0.4, -0.2) is 19.2 Å². The Morgan fingerprint density at radius 3 is 2.50 bits per heavy atom. The second-order valence-corrected chi connectivity index (χ2v) is 3.53. The van der Waals surface area contributed by atoms with Crippen LogP contribution < -0.4 is 10.6 Å². The molecule has 0 saturated carbocycles. The number of urea groups is 1. The van der Waals surface area contributed by atoms with Gasteiger partial charge in [-0.25, -0.2) is 9.90 Å². The minimum absolute atomic E-state index is 0.107. The highest BCUT2D eigenvalue weighted by Crippen LogP contribution is 2.09. The molecule has 1 rings (SSSR count). The Kier molecular flexibility index (Phi) is 5.36. The van der Waals surface area contributed by atoms with Crippen molar-refractivity contribution in [2.45, 2.75) is 19.8 Å². The van der Waals surface area contributed by atoms with Crippen molar-refractivity contribution in [1.29, 1.82) is 0 Å². The molecule has 87 valence electrons. The van der Waals surface area contributed by atoms with Gasteiger partial charge in [0.15, 0.2) is 0 Å². The third-order valence-electron chi connectivity index (χ3n) is 2.14. The number of hydrogen-bond donors (Lipinski definition) is 2. The van der Waals surface area contributed by atoms with Gasteiger partial charge >= 0.3 is 6.03 Å². The van der Waals surface area contributed by atoms with Crippen molar-refractivity contribution in [2.24, 2.45) is 0 Å². The fourth-order valence-corrected chi connectivity index (χ4v) is 1.29. The zero-order valence-corrected chi connectivity index (χ0v) is 9.45. The molecule has 0 aliphatic heterocycles. The van der Waals surface area contributed by atoms with Crippen molar-refractivity contribution < 1.29 is 9.90 Å². The van der Waals surface area contributed by atoms with Gasteiger partial charge in [0.05, 0.1) is 6.61 Å². The lowest BCUT2D eigenvalue weighted by molar-refractivity contribution is 0.197.